The van der Waals surface area contributed by atoms with Gasteiger partial charge >= 0.3 is 0 Å². The predicted octanol–water partition coefficient (Wildman–Crippen LogP) is 5.51. The molecule has 6 rings (SSSR count). The van der Waals surface area contributed by atoms with Gasteiger partial charge < -0.3 is 9.72 Å². The quantitative estimate of drug-likeness (QED) is 0.471. The molecule has 3 aromatic heterocycles. The molecule has 1 unspecified atom stereocenters. The van der Waals surface area contributed by atoms with Crippen molar-refractivity contribution >= 4 is 33.7 Å². The molecule has 7 heteroatoms. The van der Waals surface area contributed by atoms with E-state index in [4.69, 9.17) is 21.3 Å². The van der Waals surface area contributed by atoms with E-state index in [-0.39, 0.29) is 11.9 Å². The van der Waals surface area contributed by atoms with Crippen molar-refractivity contribution < 1.29 is 9.13 Å². The van der Waals surface area contributed by atoms with Crippen LogP contribution in [0.2, 0.25) is 5.02 Å². The molecular weight excluding hydrogens is 403 g/mol. The van der Waals surface area contributed by atoms with Crippen LogP contribution in [0, 0.1) is 23.6 Å². The van der Waals surface area contributed by atoms with Crippen molar-refractivity contribution in [2.75, 3.05) is 0 Å². The number of imidazole rings is 1. The van der Waals surface area contributed by atoms with Crippen LogP contribution in [0.1, 0.15) is 31.5 Å². The number of ether oxygens (including phenoxy) is 1. The molecule has 2 aliphatic rings. The van der Waals surface area contributed by atoms with Crippen molar-refractivity contribution in [2.24, 2.45) is 17.8 Å². The van der Waals surface area contributed by atoms with Gasteiger partial charge in [-0.3, -0.25) is 4.98 Å². The van der Waals surface area contributed by atoms with Crippen LogP contribution < -0.4 is 4.74 Å². The van der Waals surface area contributed by atoms with E-state index in [2.05, 4.69) is 21.9 Å². The normalized spacial score (nSPS) is 26.1. The van der Waals surface area contributed by atoms with E-state index in [1.54, 1.807) is 18.5 Å². The van der Waals surface area contributed by atoms with Gasteiger partial charge in [-0.25, -0.2) is 14.4 Å². The summed E-state index contributed by atoms with van der Waals surface area (Å²) >= 11 is 6.03. The molecule has 3 heterocycles. The summed E-state index contributed by atoms with van der Waals surface area (Å²) in [7, 11) is 0. The molecule has 2 saturated carbocycles. The second kappa shape index (κ2) is 6.64. The van der Waals surface area contributed by atoms with Crippen LogP contribution in [-0.2, 0) is 0 Å². The first-order valence-corrected chi connectivity index (χ1v) is 10.7. The average Bonchev–Trinajstić information content (AvgIpc) is 3.06. The van der Waals surface area contributed by atoms with E-state index in [0.717, 1.165) is 46.5 Å². The van der Waals surface area contributed by atoms with Crippen molar-refractivity contribution in [1.29, 1.82) is 0 Å². The minimum absolute atomic E-state index is 0.161. The summed E-state index contributed by atoms with van der Waals surface area (Å²) in [5.74, 6) is 3.64. The first kappa shape index (κ1) is 18.1. The Kier molecular flexibility index (Phi) is 4.00. The molecule has 1 N–H and O–H groups in total. The highest BCUT2D eigenvalue weighted by Crippen LogP contribution is 2.63. The zero-order chi connectivity index (χ0) is 20.4. The van der Waals surface area contributed by atoms with E-state index in [1.807, 2.05) is 12.1 Å². The number of nitrogens with zero attached hydrogens (tertiary/aromatic N) is 3. The van der Waals surface area contributed by atoms with E-state index in [1.165, 1.54) is 12.1 Å². The maximum Gasteiger partial charge on any atom is 0.157 e. The Balaban J connectivity index is 1.16. The molecule has 2 fully saturated rings. The van der Waals surface area contributed by atoms with Crippen molar-refractivity contribution in [2.45, 2.75) is 31.8 Å². The fraction of sp³-hybridized carbons (Fsp3) is 0.348. The maximum absolute atomic E-state index is 13.7. The number of H-pyrrole nitrogens is 1. The third kappa shape index (κ3) is 2.93. The van der Waals surface area contributed by atoms with Crippen molar-refractivity contribution in [1.82, 2.24) is 19.9 Å². The zero-order valence-corrected chi connectivity index (χ0v) is 17.1. The third-order valence-corrected chi connectivity index (χ3v) is 6.96. The second-order valence-corrected chi connectivity index (χ2v) is 8.96. The lowest BCUT2D eigenvalue weighted by atomic mass is 9.97. The van der Waals surface area contributed by atoms with E-state index in [0.29, 0.717) is 28.7 Å². The van der Waals surface area contributed by atoms with Crippen LogP contribution in [0.4, 0.5) is 4.39 Å². The highest BCUT2D eigenvalue weighted by Gasteiger charge is 2.59. The van der Waals surface area contributed by atoms with Crippen molar-refractivity contribution in [3.05, 3.63) is 59.4 Å². The number of pyridine rings is 2. The topological polar surface area (TPSA) is 63.7 Å². The Morgan fingerprint density at radius 3 is 2.80 bits per heavy atom. The van der Waals surface area contributed by atoms with Gasteiger partial charge in [-0.05, 0) is 60.9 Å². The smallest absolute Gasteiger partial charge is 0.157 e. The second-order valence-electron chi connectivity index (χ2n) is 8.52. The molecule has 0 spiro atoms. The third-order valence-electron chi connectivity index (χ3n) is 6.76. The number of nitrogens with one attached hydrogen (secondary N) is 1. The van der Waals surface area contributed by atoms with Crippen LogP contribution in [0.3, 0.4) is 0 Å². The first-order chi connectivity index (χ1) is 14.6. The lowest BCUT2D eigenvalue weighted by molar-refractivity contribution is 0.186. The van der Waals surface area contributed by atoms with Crippen molar-refractivity contribution in [3.8, 4) is 5.75 Å². The summed E-state index contributed by atoms with van der Waals surface area (Å²) in [6, 6.07) is 8.29. The molecule has 152 valence electrons. The number of aromatic nitrogens is 4. The molecule has 0 aliphatic heterocycles. The summed E-state index contributed by atoms with van der Waals surface area (Å²) in [4.78, 5) is 16.7. The Labute approximate surface area is 177 Å². The van der Waals surface area contributed by atoms with Gasteiger partial charge in [0.1, 0.15) is 22.9 Å². The molecule has 0 saturated heterocycles. The van der Waals surface area contributed by atoms with Gasteiger partial charge in [-0.1, -0.05) is 18.5 Å². The molecule has 0 amide bonds. The number of aromatic amines is 1. The molecule has 5 atom stereocenters. The van der Waals surface area contributed by atoms with Gasteiger partial charge in [0.2, 0.25) is 0 Å². The van der Waals surface area contributed by atoms with Gasteiger partial charge in [-0.15, -0.1) is 0 Å². The van der Waals surface area contributed by atoms with Gasteiger partial charge in [0.15, 0.2) is 5.65 Å². The molecule has 5 nitrogen and oxygen atoms in total. The lowest BCUT2D eigenvalue weighted by Crippen LogP contribution is -2.17. The predicted molar refractivity (Wildman–Crippen MR) is 113 cm³/mol. The summed E-state index contributed by atoms with van der Waals surface area (Å²) in [6.45, 7) is 2.23. The van der Waals surface area contributed by atoms with Crippen LogP contribution in [0.25, 0.3) is 22.1 Å². The number of fused-ring (bicyclic) bond motifs is 3. The van der Waals surface area contributed by atoms with Gasteiger partial charge in [0, 0.05) is 23.7 Å². The largest absolute Gasteiger partial charge is 0.490 e. The SMILES string of the molecule is CC(c1nc2cc(Cl)cnc2[nH]1)[C@H]1[C@@H]2C[C@@H](Oc3ccnc4ccc(F)cc34)C[C@@H]21. The highest BCUT2D eigenvalue weighted by molar-refractivity contribution is 6.31. The average molecular weight is 423 g/mol. The van der Waals surface area contributed by atoms with E-state index < -0.39 is 0 Å². The molecular formula is C23H20ClFN4O. The standard InChI is InChI=1S/C23H20ClFN4O/c1-11(22-28-19-6-12(24)10-27-23(19)29-22)21-15-8-14(9-16(15)21)30-20-4-5-26-18-3-2-13(25)7-17(18)20/h2-7,10-11,14-16,21H,8-9H2,1H3,(H,27,28,29)/t11?,14-,15-,16+,21+. The van der Waals surface area contributed by atoms with Gasteiger partial charge in [0.05, 0.1) is 16.6 Å². The number of benzene rings is 1. The monoisotopic (exact) mass is 422 g/mol. The summed E-state index contributed by atoms with van der Waals surface area (Å²) < 4.78 is 20.0. The minimum atomic E-state index is -0.273. The molecule has 2 aliphatic carbocycles. The Bertz CT molecular complexity index is 1260. The van der Waals surface area contributed by atoms with Gasteiger partial charge in [-0.2, -0.15) is 0 Å². The first-order valence-electron chi connectivity index (χ1n) is 10.3. The highest BCUT2D eigenvalue weighted by atomic mass is 35.5. The molecule has 0 radical (unpaired) electrons. The Morgan fingerprint density at radius 2 is 1.97 bits per heavy atom. The zero-order valence-electron chi connectivity index (χ0n) is 16.3. The molecule has 1 aromatic carbocycles. The molecule has 0 bridgehead atoms. The molecule has 4 aromatic rings. The fourth-order valence-corrected chi connectivity index (χ4v) is 5.49. The van der Waals surface area contributed by atoms with Gasteiger partial charge in [0.25, 0.3) is 0 Å². The number of rotatable bonds is 4. The van der Waals surface area contributed by atoms with E-state index >= 15 is 0 Å². The number of hydrogen-bond acceptors (Lipinski definition) is 4. The van der Waals surface area contributed by atoms with Crippen LogP contribution in [-0.4, -0.2) is 26.0 Å². The number of hydrogen-bond donors (Lipinski definition) is 1. The number of halogens is 2. The summed E-state index contributed by atoms with van der Waals surface area (Å²) in [6.07, 6.45) is 5.55. The summed E-state index contributed by atoms with van der Waals surface area (Å²) in [5.41, 5.74) is 2.35. The van der Waals surface area contributed by atoms with Crippen LogP contribution >= 0.6 is 11.6 Å². The van der Waals surface area contributed by atoms with Crippen molar-refractivity contribution in [3.63, 3.8) is 0 Å². The minimum Gasteiger partial charge on any atom is -0.490 e. The van der Waals surface area contributed by atoms with Crippen LogP contribution in [0.5, 0.6) is 5.75 Å². The van der Waals surface area contributed by atoms with Crippen LogP contribution in [0.15, 0.2) is 42.7 Å². The Hall–Kier alpha value is -2.73. The maximum atomic E-state index is 13.7. The van der Waals surface area contributed by atoms with E-state index in [9.17, 15) is 4.39 Å². The molecule has 30 heavy (non-hydrogen) atoms. The lowest BCUT2D eigenvalue weighted by Gasteiger charge is -2.19. The Morgan fingerprint density at radius 1 is 1.13 bits per heavy atom. The summed E-state index contributed by atoms with van der Waals surface area (Å²) in [5, 5.41) is 1.33. The fourth-order valence-electron chi connectivity index (χ4n) is 5.34.